The molecular weight excluding hydrogens is 1220 g/mol. The standard InChI is InChI=1S/C83H151NO13/c1-3-5-7-9-11-13-15-17-19-21-23-25-27-29-31-33-34-35-36-37-38-39-41-43-45-47-49-51-53-55-57-59-61-63-65-67-75(88)84-71(70-94-82-80(93)78(91)81(74(69-86)96-82)97-83-79(92)77(90)76(89)73(68-85)95-83)72(87)66-64-62-60-58-56-54-52-50-48-46-44-42-40-32-30-28-26-24-22-20-18-16-14-12-10-8-6-4-2/h5,7,11,13,17,19,23,25,29,31,34-35,71-74,76-83,85-87,89-93H,3-4,6,8-10,12,14-16,18,20-22,24,26-28,30,32-33,36-70H2,1-2H3,(H,84,88)/b7-5-,13-11-,19-17-,25-23-,31-29-,35-34-. The molecule has 2 saturated heterocycles. The Morgan fingerprint density at radius 1 is 0.381 bits per heavy atom. The lowest BCUT2D eigenvalue weighted by molar-refractivity contribution is -0.359. The minimum absolute atomic E-state index is 0.203. The van der Waals surface area contributed by atoms with Gasteiger partial charge in [-0.1, -0.05) is 356 Å². The third-order valence-electron chi connectivity index (χ3n) is 19.7. The van der Waals surface area contributed by atoms with Crippen molar-refractivity contribution in [1.82, 2.24) is 5.32 Å². The van der Waals surface area contributed by atoms with Gasteiger partial charge in [0.15, 0.2) is 12.6 Å². The molecule has 2 aliphatic rings. The van der Waals surface area contributed by atoms with Gasteiger partial charge in [-0.05, 0) is 64.2 Å². The van der Waals surface area contributed by atoms with Crippen molar-refractivity contribution in [3.63, 3.8) is 0 Å². The molecule has 0 aromatic rings. The minimum atomic E-state index is -1.79. The van der Waals surface area contributed by atoms with Gasteiger partial charge in [-0.15, -0.1) is 0 Å². The number of aliphatic hydroxyl groups is 8. The first kappa shape index (κ1) is 90.5. The van der Waals surface area contributed by atoms with Crippen LogP contribution in [0.15, 0.2) is 72.9 Å². The zero-order valence-electron chi connectivity index (χ0n) is 62.1. The van der Waals surface area contributed by atoms with Gasteiger partial charge in [0.1, 0.15) is 48.8 Å². The number of aliphatic hydroxyl groups excluding tert-OH is 8. The summed E-state index contributed by atoms with van der Waals surface area (Å²) in [6, 6.07) is -0.833. The van der Waals surface area contributed by atoms with Gasteiger partial charge in [0.2, 0.25) is 5.91 Å². The highest BCUT2D eigenvalue weighted by atomic mass is 16.7. The normalized spacial score (nSPS) is 22.5. The van der Waals surface area contributed by atoms with Crippen molar-refractivity contribution in [1.29, 1.82) is 0 Å². The van der Waals surface area contributed by atoms with Crippen molar-refractivity contribution in [2.45, 2.75) is 428 Å². The Kier molecular flexibility index (Phi) is 62.2. The second-order valence-electron chi connectivity index (χ2n) is 28.5. The van der Waals surface area contributed by atoms with Crippen molar-refractivity contribution in [2.24, 2.45) is 0 Å². The third-order valence-corrected chi connectivity index (χ3v) is 19.7. The lowest BCUT2D eigenvalue weighted by Gasteiger charge is -2.46. The molecule has 0 aliphatic carbocycles. The molecule has 2 rings (SSSR count). The Morgan fingerprint density at radius 2 is 0.711 bits per heavy atom. The highest BCUT2D eigenvalue weighted by Crippen LogP contribution is 2.30. The Labute approximate surface area is 593 Å². The third kappa shape index (κ3) is 49.6. The molecule has 0 saturated carbocycles. The SMILES string of the molecule is CC/C=C\C/C=C\C/C=C\C/C=C\C/C=C\C/C=C\CCCCCCCCCCCCCCCCCCC(=O)NC(COC1OC(CO)C(OC2OC(CO)C(O)C(O)C2O)C(O)C1O)C(O)CCCCCCCCCCCCCCCCCCCCCCCCCCCCCC. The van der Waals surface area contributed by atoms with E-state index in [0.717, 1.165) is 89.9 Å². The maximum absolute atomic E-state index is 13.4. The average Bonchev–Trinajstić information content (AvgIpc) is 0.793. The van der Waals surface area contributed by atoms with Crippen molar-refractivity contribution >= 4 is 5.91 Å². The van der Waals surface area contributed by atoms with Gasteiger partial charge in [0.25, 0.3) is 0 Å². The maximum atomic E-state index is 13.4. The Balaban J connectivity index is 1.60. The van der Waals surface area contributed by atoms with Gasteiger partial charge < -0.3 is 65.1 Å². The van der Waals surface area contributed by atoms with E-state index in [-0.39, 0.29) is 12.5 Å². The van der Waals surface area contributed by atoms with Crippen LogP contribution in [0.1, 0.15) is 354 Å². The molecular formula is C83H151NO13. The molecule has 0 spiro atoms. The van der Waals surface area contributed by atoms with E-state index < -0.39 is 86.8 Å². The van der Waals surface area contributed by atoms with Crippen LogP contribution in [0.3, 0.4) is 0 Å². The van der Waals surface area contributed by atoms with Gasteiger partial charge in [-0.25, -0.2) is 0 Å². The van der Waals surface area contributed by atoms with Gasteiger partial charge in [-0.2, -0.15) is 0 Å². The van der Waals surface area contributed by atoms with E-state index in [1.165, 1.54) is 238 Å². The van der Waals surface area contributed by atoms with Crippen LogP contribution in [0.25, 0.3) is 0 Å². The molecule has 12 atom stereocenters. The van der Waals surface area contributed by atoms with Crippen LogP contribution in [0.4, 0.5) is 0 Å². The molecule has 2 aliphatic heterocycles. The highest BCUT2D eigenvalue weighted by Gasteiger charge is 2.51. The molecule has 9 N–H and O–H groups in total. The molecule has 0 radical (unpaired) electrons. The molecule has 0 aromatic heterocycles. The number of amides is 1. The summed E-state index contributed by atoms with van der Waals surface area (Å²) in [6.45, 7) is 2.80. The van der Waals surface area contributed by atoms with E-state index in [2.05, 4.69) is 92.1 Å². The molecule has 14 nitrogen and oxygen atoms in total. The zero-order valence-corrected chi connectivity index (χ0v) is 62.1. The molecule has 2 heterocycles. The maximum Gasteiger partial charge on any atom is 0.220 e. The van der Waals surface area contributed by atoms with E-state index in [0.29, 0.717) is 12.8 Å². The first-order chi connectivity index (χ1) is 47.6. The second kappa shape index (κ2) is 66.7. The zero-order chi connectivity index (χ0) is 70.1. The lowest BCUT2D eigenvalue weighted by atomic mass is 9.97. The summed E-state index contributed by atoms with van der Waals surface area (Å²) in [7, 11) is 0. The number of carbonyl (C=O) groups excluding carboxylic acids is 1. The number of unbranched alkanes of at least 4 members (excludes halogenated alkanes) is 43. The van der Waals surface area contributed by atoms with Crippen LogP contribution in [0.2, 0.25) is 0 Å². The number of allylic oxidation sites excluding steroid dienone is 12. The molecule has 0 aromatic carbocycles. The molecule has 12 unspecified atom stereocenters. The minimum Gasteiger partial charge on any atom is -0.394 e. The van der Waals surface area contributed by atoms with Gasteiger partial charge in [0.05, 0.1) is 32.0 Å². The smallest absolute Gasteiger partial charge is 0.220 e. The number of hydrogen-bond donors (Lipinski definition) is 9. The number of hydrogen-bond acceptors (Lipinski definition) is 13. The predicted molar refractivity (Wildman–Crippen MR) is 401 cm³/mol. The van der Waals surface area contributed by atoms with Crippen molar-refractivity contribution < 1.29 is 64.6 Å². The number of nitrogens with one attached hydrogen (secondary N) is 1. The fraction of sp³-hybridized carbons (Fsp3) is 0.843. The molecule has 2 fully saturated rings. The van der Waals surface area contributed by atoms with Crippen LogP contribution in [0, 0.1) is 0 Å². The fourth-order valence-corrected chi connectivity index (χ4v) is 13.3. The summed E-state index contributed by atoms with van der Waals surface area (Å²) < 4.78 is 23.0. The van der Waals surface area contributed by atoms with Crippen LogP contribution in [-0.2, 0) is 23.7 Å². The molecule has 97 heavy (non-hydrogen) atoms. The van der Waals surface area contributed by atoms with Crippen LogP contribution >= 0.6 is 0 Å². The topological polar surface area (TPSA) is 228 Å². The fourth-order valence-electron chi connectivity index (χ4n) is 13.3. The molecule has 14 heteroatoms. The first-order valence-electron chi connectivity index (χ1n) is 40.7. The van der Waals surface area contributed by atoms with E-state index in [4.69, 9.17) is 18.9 Å². The molecule has 1 amide bonds. The number of rotatable bonds is 68. The van der Waals surface area contributed by atoms with E-state index in [9.17, 15) is 45.6 Å². The van der Waals surface area contributed by atoms with E-state index >= 15 is 0 Å². The number of carbonyl (C=O) groups is 1. The molecule has 0 bridgehead atoms. The summed E-state index contributed by atoms with van der Waals surface area (Å²) >= 11 is 0. The molecule has 566 valence electrons. The Morgan fingerprint density at radius 3 is 1.09 bits per heavy atom. The Hall–Kier alpha value is -2.57. The quantitative estimate of drug-likeness (QED) is 0.0204. The van der Waals surface area contributed by atoms with E-state index in [1.807, 2.05) is 0 Å². The Bertz CT molecular complexity index is 1910. The first-order valence-corrected chi connectivity index (χ1v) is 40.7. The van der Waals surface area contributed by atoms with Crippen LogP contribution in [0.5, 0.6) is 0 Å². The summed E-state index contributed by atoms with van der Waals surface area (Å²) in [5.74, 6) is -0.203. The predicted octanol–water partition coefficient (Wildman–Crippen LogP) is 18.5. The average molecular weight is 1370 g/mol. The van der Waals surface area contributed by atoms with Gasteiger partial charge in [-0.3, -0.25) is 4.79 Å². The van der Waals surface area contributed by atoms with Gasteiger partial charge >= 0.3 is 0 Å². The number of ether oxygens (including phenoxy) is 4. The highest BCUT2D eigenvalue weighted by molar-refractivity contribution is 5.76. The van der Waals surface area contributed by atoms with E-state index in [1.54, 1.807) is 0 Å². The lowest BCUT2D eigenvalue weighted by Crippen LogP contribution is -2.65. The summed E-state index contributed by atoms with van der Waals surface area (Å²) in [6.07, 6.45) is 75.1. The summed E-state index contributed by atoms with van der Waals surface area (Å²) in [4.78, 5) is 13.4. The van der Waals surface area contributed by atoms with Crippen LogP contribution in [-0.4, -0.2) is 140 Å². The second-order valence-corrected chi connectivity index (χ2v) is 28.5. The van der Waals surface area contributed by atoms with Gasteiger partial charge in [0, 0.05) is 6.42 Å². The van der Waals surface area contributed by atoms with Crippen molar-refractivity contribution in [3.05, 3.63) is 72.9 Å². The van der Waals surface area contributed by atoms with Crippen molar-refractivity contribution in [3.8, 4) is 0 Å². The van der Waals surface area contributed by atoms with Crippen molar-refractivity contribution in [2.75, 3.05) is 19.8 Å². The monoisotopic (exact) mass is 1370 g/mol. The largest absolute Gasteiger partial charge is 0.394 e. The summed E-state index contributed by atoms with van der Waals surface area (Å²) in [5, 5.41) is 87.9. The van der Waals surface area contributed by atoms with Crippen LogP contribution < -0.4 is 5.32 Å². The summed E-state index contributed by atoms with van der Waals surface area (Å²) in [5.41, 5.74) is 0.